The predicted octanol–water partition coefficient (Wildman–Crippen LogP) is 3.71. The number of aliphatic hydroxyl groups is 1. The van der Waals surface area contributed by atoms with E-state index in [1.807, 2.05) is 19.9 Å². The summed E-state index contributed by atoms with van der Waals surface area (Å²) >= 11 is 0. The summed E-state index contributed by atoms with van der Waals surface area (Å²) in [6.07, 6.45) is -6.13. The molecule has 0 spiro atoms. The number of halogens is 4. The number of amides is 1. The summed E-state index contributed by atoms with van der Waals surface area (Å²) < 4.78 is 59.1. The number of alkyl halides is 3. The van der Waals surface area contributed by atoms with Gasteiger partial charge in [0.1, 0.15) is 11.6 Å². The van der Waals surface area contributed by atoms with E-state index in [9.17, 15) is 27.5 Å². The molecule has 2 aromatic rings. The molecule has 29 heavy (non-hydrogen) atoms. The molecule has 0 aromatic heterocycles. The SMILES string of the molecule is Cc1cc(C)cc(OCC(=O)N2N=C(c3ccc(F)cc3)C[C@]2(O)C(F)(F)F)c1. The fourth-order valence-electron chi connectivity index (χ4n) is 3.05. The van der Waals surface area contributed by atoms with Gasteiger partial charge in [0.15, 0.2) is 6.61 Å². The molecule has 1 atom stereocenters. The maximum Gasteiger partial charge on any atom is 0.438 e. The molecule has 0 aliphatic carbocycles. The Bertz CT molecular complexity index is 937. The average molecular weight is 410 g/mol. The molecule has 0 saturated heterocycles. The van der Waals surface area contributed by atoms with Gasteiger partial charge < -0.3 is 9.84 Å². The summed E-state index contributed by atoms with van der Waals surface area (Å²) in [5.74, 6) is -1.43. The van der Waals surface area contributed by atoms with Crippen LogP contribution in [0.3, 0.4) is 0 Å². The second-order valence-electron chi connectivity index (χ2n) is 6.86. The van der Waals surface area contributed by atoms with E-state index >= 15 is 0 Å². The lowest BCUT2D eigenvalue weighted by molar-refractivity contribution is -0.302. The zero-order valence-electron chi connectivity index (χ0n) is 15.6. The van der Waals surface area contributed by atoms with Gasteiger partial charge in [-0.3, -0.25) is 4.79 Å². The predicted molar refractivity (Wildman–Crippen MR) is 96.8 cm³/mol. The van der Waals surface area contributed by atoms with Gasteiger partial charge in [0.2, 0.25) is 0 Å². The molecular weight excluding hydrogens is 392 g/mol. The molecule has 154 valence electrons. The first-order chi connectivity index (χ1) is 13.5. The second kappa shape index (κ2) is 7.47. The molecule has 2 aromatic carbocycles. The molecule has 1 aliphatic heterocycles. The van der Waals surface area contributed by atoms with Crippen LogP contribution in [0.2, 0.25) is 0 Å². The number of rotatable bonds is 4. The quantitative estimate of drug-likeness (QED) is 0.782. The standard InChI is InChI=1S/C20H18F4N2O3/c1-12-7-13(2)9-16(8-12)29-11-18(27)26-19(28,20(22,23)24)10-17(25-26)14-3-5-15(21)6-4-14/h3-9,28H,10-11H2,1-2H3/t19-/m0/s1. The van der Waals surface area contributed by atoms with Gasteiger partial charge in [-0.05, 0) is 54.8 Å². The number of ether oxygens (including phenoxy) is 1. The summed E-state index contributed by atoms with van der Waals surface area (Å²) in [5, 5.41) is 13.9. The zero-order valence-corrected chi connectivity index (χ0v) is 15.6. The summed E-state index contributed by atoms with van der Waals surface area (Å²) in [6, 6.07) is 9.70. The van der Waals surface area contributed by atoms with Gasteiger partial charge in [0.25, 0.3) is 11.6 Å². The first-order valence-electron chi connectivity index (χ1n) is 8.66. The Morgan fingerprint density at radius 3 is 2.31 bits per heavy atom. The molecule has 5 nitrogen and oxygen atoms in total. The number of aryl methyl sites for hydroxylation is 2. The zero-order chi connectivity index (χ0) is 21.4. The molecule has 0 bridgehead atoms. The largest absolute Gasteiger partial charge is 0.484 e. The number of carbonyl (C=O) groups excluding carboxylic acids is 1. The number of nitrogens with zero attached hydrogens (tertiary/aromatic N) is 2. The molecule has 9 heteroatoms. The molecule has 3 rings (SSSR count). The van der Waals surface area contributed by atoms with Crippen molar-refractivity contribution in [1.29, 1.82) is 0 Å². The van der Waals surface area contributed by atoms with Crippen LogP contribution in [0.25, 0.3) is 0 Å². The van der Waals surface area contributed by atoms with Crippen LogP contribution in [0, 0.1) is 19.7 Å². The van der Waals surface area contributed by atoms with Crippen molar-refractivity contribution in [3.8, 4) is 5.75 Å². The van der Waals surface area contributed by atoms with E-state index in [1.165, 1.54) is 12.1 Å². The lowest BCUT2D eigenvalue weighted by atomic mass is 10.0. The topological polar surface area (TPSA) is 62.1 Å². The molecule has 0 unspecified atom stereocenters. The number of hydrogen-bond acceptors (Lipinski definition) is 4. The normalized spacial score (nSPS) is 19.3. The highest BCUT2D eigenvalue weighted by Crippen LogP contribution is 2.41. The van der Waals surface area contributed by atoms with Crippen LogP contribution in [0.4, 0.5) is 17.6 Å². The van der Waals surface area contributed by atoms with Crippen LogP contribution in [-0.4, -0.2) is 40.2 Å². The minimum atomic E-state index is -5.16. The van der Waals surface area contributed by atoms with Crippen molar-refractivity contribution in [3.63, 3.8) is 0 Å². The Morgan fingerprint density at radius 1 is 1.17 bits per heavy atom. The van der Waals surface area contributed by atoms with Crippen molar-refractivity contribution in [2.75, 3.05) is 6.61 Å². The Kier molecular flexibility index (Phi) is 5.36. The summed E-state index contributed by atoms with van der Waals surface area (Å²) in [6.45, 7) is 2.87. The average Bonchev–Trinajstić information content (AvgIpc) is 2.98. The monoisotopic (exact) mass is 410 g/mol. The van der Waals surface area contributed by atoms with Crippen LogP contribution in [-0.2, 0) is 4.79 Å². The molecule has 1 heterocycles. The molecule has 1 amide bonds. The molecule has 1 aliphatic rings. The van der Waals surface area contributed by atoms with Crippen molar-refractivity contribution >= 4 is 11.6 Å². The summed E-state index contributed by atoms with van der Waals surface area (Å²) in [4.78, 5) is 12.5. The van der Waals surface area contributed by atoms with Gasteiger partial charge >= 0.3 is 6.18 Å². The van der Waals surface area contributed by atoms with Crippen molar-refractivity contribution in [3.05, 3.63) is 65.0 Å². The van der Waals surface area contributed by atoms with E-state index in [1.54, 1.807) is 12.1 Å². The maximum atomic E-state index is 13.6. The van der Waals surface area contributed by atoms with Crippen LogP contribution in [0.15, 0.2) is 47.6 Å². The van der Waals surface area contributed by atoms with E-state index in [0.717, 1.165) is 23.3 Å². The third-order valence-corrected chi connectivity index (χ3v) is 4.41. The van der Waals surface area contributed by atoms with E-state index in [-0.39, 0.29) is 16.3 Å². The Labute approximate surface area is 164 Å². The lowest BCUT2D eigenvalue weighted by Crippen LogP contribution is -2.57. The Morgan fingerprint density at radius 2 is 1.76 bits per heavy atom. The van der Waals surface area contributed by atoms with Gasteiger partial charge in [-0.15, -0.1) is 0 Å². The molecule has 0 radical (unpaired) electrons. The second-order valence-corrected chi connectivity index (χ2v) is 6.86. The van der Waals surface area contributed by atoms with Gasteiger partial charge in [-0.25, -0.2) is 4.39 Å². The maximum absolute atomic E-state index is 13.6. The van der Waals surface area contributed by atoms with E-state index in [4.69, 9.17) is 4.74 Å². The highest BCUT2D eigenvalue weighted by Gasteiger charge is 2.63. The molecular formula is C20H18F4N2O3. The van der Waals surface area contributed by atoms with Crippen molar-refractivity contribution < 1.29 is 32.2 Å². The number of carbonyl (C=O) groups is 1. The van der Waals surface area contributed by atoms with Gasteiger partial charge in [-0.1, -0.05) is 18.2 Å². The first-order valence-corrected chi connectivity index (χ1v) is 8.66. The Hall–Kier alpha value is -2.94. The minimum absolute atomic E-state index is 0.00561. The van der Waals surface area contributed by atoms with E-state index in [0.29, 0.717) is 5.75 Å². The third kappa shape index (κ3) is 4.24. The van der Waals surface area contributed by atoms with Crippen molar-refractivity contribution in [2.45, 2.75) is 32.2 Å². The number of hydrogen-bond donors (Lipinski definition) is 1. The summed E-state index contributed by atoms with van der Waals surface area (Å²) in [5.41, 5.74) is -1.82. The lowest BCUT2D eigenvalue weighted by Gasteiger charge is -2.32. The van der Waals surface area contributed by atoms with Gasteiger partial charge in [0, 0.05) is 0 Å². The highest BCUT2D eigenvalue weighted by atomic mass is 19.4. The summed E-state index contributed by atoms with van der Waals surface area (Å²) in [7, 11) is 0. The van der Waals surface area contributed by atoms with Crippen LogP contribution in [0.5, 0.6) is 5.75 Å². The van der Waals surface area contributed by atoms with Crippen molar-refractivity contribution in [2.24, 2.45) is 5.10 Å². The van der Waals surface area contributed by atoms with Gasteiger partial charge in [0.05, 0.1) is 12.1 Å². The third-order valence-electron chi connectivity index (χ3n) is 4.41. The number of benzene rings is 2. The van der Waals surface area contributed by atoms with Crippen LogP contribution < -0.4 is 4.74 Å². The Balaban J connectivity index is 1.85. The minimum Gasteiger partial charge on any atom is -0.484 e. The molecule has 0 saturated carbocycles. The molecule has 1 N–H and O–H groups in total. The highest BCUT2D eigenvalue weighted by molar-refractivity contribution is 6.03. The number of hydrazone groups is 1. The fourth-order valence-corrected chi connectivity index (χ4v) is 3.05. The van der Waals surface area contributed by atoms with E-state index in [2.05, 4.69) is 5.10 Å². The van der Waals surface area contributed by atoms with Crippen LogP contribution in [0.1, 0.15) is 23.1 Å². The van der Waals surface area contributed by atoms with Gasteiger partial charge in [-0.2, -0.15) is 23.3 Å². The van der Waals surface area contributed by atoms with E-state index < -0.39 is 36.7 Å². The fraction of sp³-hybridized carbons (Fsp3) is 0.300. The smallest absolute Gasteiger partial charge is 0.438 e. The first kappa shape index (κ1) is 20.8. The molecule has 0 fully saturated rings. The van der Waals surface area contributed by atoms with Crippen LogP contribution >= 0.6 is 0 Å². The van der Waals surface area contributed by atoms with Crippen molar-refractivity contribution in [1.82, 2.24) is 5.01 Å².